The lowest BCUT2D eigenvalue weighted by molar-refractivity contribution is 0.0715. The molecule has 2 aliphatic heterocycles. The van der Waals surface area contributed by atoms with Crippen molar-refractivity contribution in [3.8, 4) is 0 Å². The van der Waals surface area contributed by atoms with Gasteiger partial charge in [-0.3, -0.25) is 0 Å². The Morgan fingerprint density at radius 3 is 2.70 bits per heavy atom. The Morgan fingerprint density at radius 1 is 1.17 bits per heavy atom. The molecule has 2 aliphatic rings. The van der Waals surface area contributed by atoms with Gasteiger partial charge in [-0.25, -0.2) is 14.4 Å². The normalized spacial score (nSPS) is 15.9. The first kappa shape index (κ1) is 19.5. The van der Waals surface area contributed by atoms with Gasteiger partial charge in [0.25, 0.3) is 0 Å². The molecule has 0 spiro atoms. The molecule has 0 radical (unpaired) electrons. The fraction of sp³-hybridized carbons (Fsp3) is 0.227. The van der Waals surface area contributed by atoms with Crippen LogP contribution in [-0.2, 0) is 29.0 Å². The van der Waals surface area contributed by atoms with Gasteiger partial charge in [-0.15, -0.1) is 0 Å². The Bertz CT molecular complexity index is 1030. The van der Waals surface area contributed by atoms with Crippen molar-refractivity contribution >= 4 is 23.9 Å². The second-order valence-electron chi connectivity index (χ2n) is 7.02. The molecular weight excluding hydrogens is 388 g/mol. The fourth-order valence-electron chi connectivity index (χ4n) is 3.51. The van der Waals surface area contributed by atoms with Gasteiger partial charge in [0.05, 0.1) is 5.56 Å². The largest absolute Gasteiger partial charge is 0.465 e. The number of hydrogen-bond acceptors (Lipinski definition) is 5. The van der Waals surface area contributed by atoms with Crippen molar-refractivity contribution in [1.82, 2.24) is 10.2 Å². The van der Waals surface area contributed by atoms with Gasteiger partial charge >= 0.3 is 18.2 Å². The third kappa shape index (κ3) is 4.12. The van der Waals surface area contributed by atoms with Crippen LogP contribution in [0.4, 0.5) is 9.59 Å². The van der Waals surface area contributed by atoms with Crippen molar-refractivity contribution in [2.24, 2.45) is 0 Å². The van der Waals surface area contributed by atoms with E-state index in [-0.39, 0.29) is 19.7 Å². The van der Waals surface area contributed by atoms with E-state index in [1.54, 1.807) is 12.1 Å². The fourth-order valence-corrected chi connectivity index (χ4v) is 3.51. The number of cyclic esters (lactones) is 1. The maximum absolute atomic E-state index is 12.2. The van der Waals surface area contributed by atoms with E-state index in [4.69, 9.17) is 9.47 Å². The summed E-state index contributed by atoms with van der Waals surface area (Å²) in [6.07, 6.45) is 0.640. The lowest BCUT2D eigenvalue weighted by Crippen LogP contribution is -2.34. The Labute approximate surface area is 172 Å². The first-order valence-corrected chi connectivity index (χ1v) is 9.52. The van der Waals surface area contributed by atoms with Gasteiger partial charge in [0.2, 0.25) is 0 Å². The number of ether oxygens (including phenoxy) is 2. The summed E-state index contributed by atoms with van der Waals surface area (Å²) in [6, 6.07) is 12.9. The van der Waals surface area contributed by atoms with E-state index in [9.17, 15) is 19.5 Å². The molecule has 2 heterocycles. The third-order valence-electron chi connectivity index (χ3n) is 5.06. The summed E-state index contributed by atoms with van der Waals surface area (Å²) in [7, 11) is 0. The highest BCUT2D eigenvalue weighted by Crippen LogP contribution is 2.33. The number of rotatable bonds is 4. The molecule has 30 heavy (non-hydrogen) atoms. The molecule has 0 atom stereocenters. The highest BCUT2D eigenvalue weighted by atomic mass is 16.6. The number of hydrogen-bond donors (Lipinski definition) is 2. The number of benzene rings is 2. The molecule has 154 valence electrons. The van der Waals surface area contributed by atoms with Crippen LogP contribution >= 0.6 is 0 Å². The molecule has 8 nitrogen and oxygen atoms in total. The smallest absolute Gasteiger partial charge is 0.407 e. The van der Waals surface area contributed by atoms with Crippen molar-refractivity contribution < 1.29 is 29.0 Å². The molecule has 2 N–H and O–H groups in total. The van der Waals surface area contributed by atoms with Crippen LogP contribution in [-0.4, -0.2) is 41.3 Å². The predicted octanol–water partition coefficient (Wildman–Crippen LogP) is 3.16. The average Bonchev–Trinajstić information content (AvgIpc) is 3.05. The Kier molecular flexibility index (Phi) is 5.38. The summed E-state index contributed by atoms with van der Waals surface area (Å²) in [5.74, 6) is -0.111. The number of carbonyl (C=O) groups excluding carboxylic acids is 2. The second-order valence-corrected chi connectivity index (χ2v) is 7.02. The van der Waals surface area contributed by atoms with Crippen LogP contribution < -0.4 is 5.32 Å². The molecule has 0 aromatic heterocycles. The van der Waals surface area contributed by atoms with Crippen molar-refractivity contribution in [3.63, 3.8) is 0 Å². The Morgan fingerprint density at radius 2 is 1.93 bits per heavy atom. The van der Waals surface area contributed by atoms with Gasteiger partial charge in [0, 0.05) is 25.2 Å². The highest BCUT2D eigenvalue weighted by molar-refractivity contribution is 6.03. The summed E-state index contributed by atoms with van der Waals surface area (Å²) >= 11 is 0. The van der Waals surface area contributed by atoms with Crippen molar-refractivity contribution in [3.05, 3.63) is 76.4 Å². The van der Waals surface area contributed by atoms with Crippen LogP contribution in [0.15, 0.2) is 48.5 Å². The molecule has 4 rings (SSSR count). The molecule has 2 amide bonds. The summed E-state index contributed by atoms with van der Waals surface area (Å²) in [5, 5.41) is 11.8. The molecular formula is C22H20N2O6. The van der Waals surface area contributed by atoms with E-state index in [1.165, 1.54) is 4.90 Å². The molecule has 0 unspecified atom stereocenters. The molecule has 0 aliphatic carbocycles. The Hall–Kier alpha value is -3.81. The zero-order valence-corrected chi connectivity index (χ0v) is 16.1. The third-order valence-corrected chi connectivity index (χ3v) is 5.06. The number of fused-ring (bicyclic) bond motifs is 2. The minimum absolute atomic E-state index is 0.138. The minimum Gasteiger partial charge on any atom is -0.465 e. The summed E-state index contributed by atoms with van der Waals surface area (Å²) in [4.78, 5) is 36.6. The van der Waals surface area contributed by atoms with E-state index in [2.05, 4.69) is 5.32 Å². The molecule has 2 aromatic carbocycles. The van der Waals surface area contributed by atoms with Gasteiger partial charge < -0.3 is 24.8 Å². The number of nitrogens with one attached hydrogen (secondary N) is 1. The first-order valence-electron chi connectivity index (χ1n) is 9.52. The van der Waals surface area contributed by atoms with E-state index in [0.717, 1.165) is 16.7 Å². The van der Waals surface area contributed by atoms with Gasteiger partial charge in [-0.05, 0) is 41.3 Å². The standard InChI is InChI=1S/C22H20N2O6/c25-20-18-11-16-12-24(22(27)28)9-7-15(16)10-17(18)19(30-20)6-8-23-21(26)29-13-14-4-2-1-3-5-14/h1-6,10-11H,7-9,12-13H2,(H,23,26)(H,27,28)/b19-6-. The van der Waals surface area contributed by atoms with Gasteiger partial charge in [0.15, 0.2) is 0 Å². The lowest BCUT2D eigenvalue weighted by atomic mass is 9.94. The summed E-state index contributed by atoms with van der Waals surface area (Å²) < 4.78 is 10.5. The average molecular weight is 408 g/mol. The van der Waals surface area contributed by atoms with Crippen molar-refractivity contribution in [2.45, 2.75) is 19.6 Å². The molecule has 0 fully saturated rings. The zero-order valence-electron chi connectivity index (χ0n) is 16.1. The molecule has 8 heteroatoms. The van der Waals surface area contributed by atoms with Crippen LogP contribution in [0.2, 0.25) is 0 Å². The summed E-state index contributed by atoms with van der Waals surface area (Å²) in [6.45, 7) is 0.961. The van der Waals surface area contributed by atoms with Crippen LogP contribution in [0, 0.1) is 0 Å². The van der Waals surface area contributed by atoms with E-state index >= 15 is 0 Å². The summed E-state index contributed by atoms with van der Waals surface area (Å²) in [5.41, 5.74) is 3.74. The highest BCUT2D eigenvalue weighted by Gasteiger charge is 2.30. The minimum atomic E-state index is -0.977. The molecule has 0 bridgehead atoms. The maximum atomic E-state index is 12.2. The van der Waals surface area contributed by atoms with Gasteiger partial charge in [0.1, 0.15) is 12.4 Å². The number of esters is 1. The van der Waals surface area contributed by atoms with Crippen LogP contribution in [0.25, 0.3) is 5.76 Å². The van der Waals surface area contributed by atoms with Crippen LogP contribution in [0.5, 0.6) is 0 Å². The molecule has 0 saturated heterocycles. The topological polar surface area (TPSA) is 105 Å². The number of nitrogens with zero attached hydrogens (tertiary/aromatic N) is 1. The number of amides is 2. The monoisotopic (exact) mass is 408 g/mol. The SMILES string of the molecule is O=C(NC/C=C1\OC(=O)c2cc3c(cc21)CCN(C(=O)O)C3)OCc1ccccc1. The second kappa shape index (κ2) is 8.28. The van der Waals surface area contributed by atoms with Crippen molar-refractivity contribution in [1.29, 1.82) is 0 Å². The first-order chi connectivity index (χ1) is 14.5. The van der Waals surface area contributed by atoms with Crippen LogP contribution in [0.1, 0.15) is 32.6 Å². The van der Waals surface area contributed by atoms with E-state index in [1.807, 2.05) is 36.4 Å². The van der Waals surface area contributed by atoms with Gasteiger partial charge in [-0.2, -0.15) is 0 Å². The molecule has 0 saturated carbocycles. The Balaban J connectivity index is 1.40. The quantitative estimate of drug-likeness (QED) is 0.753. The van der Waals surface area contributed by atoms with Crippen LogP contribution in [0.3, 0.4) is 0 Å². The number of carboxylic acid groups (broad SMARTS) is 1. The van der Waals surface area contributed by atoms with E-state index in [0.29, 0.717) is 29.9 Å². The van der Waals surface area contributed by atoms with Crippen molar-refractivity contribution in [2.75, 3.05) is 13.1 Å². The maximum Gasteiger partial charge on any atom is 0.407 e. The molecule has 2 aromatic rings. The number of alkyl carbamates (subject to hydrolysis) is 1. The van der Waals surface area contributed by atoms with E-state index < -0.39 is 18.2 Å². The predicted molar refractivity (Wildman–Crippen MR) is 107 cm³/mol. The number of carbonyl (C=O) groups is 3. The lowest BCUT2D eigenvalue weighted by Gasteiger charge is -2.26. The zero-order chi connectivity index (χ0) is 21.1. The van der Waals surface area contributed by atoms with Gasteiger partial charge in [-0.1, -0.05) is 30.3 Å².